The fourth-order valence-electron chi connectivity index (χ4n) is 1.37. The molecule has 0 radical (unpaired) electrons. The molecular formula is C13H16O2. The Hall–Kier alpha value is -1.57. The highest BCUT2D eigenvalue weighted by molar-refractivity contribution is 5.87. The average molecular weight is 204 g/mol. The van der Waals surface area contributed by atoms with Crippen molar-refractivity contribution in [3.63, 3.8) is 0 Å². The smallest absolute Gasteiger partial charge is 0.331 e. The molecule has 0 aliphatic carbocycles. The number of allylic oxidation sites excluding steroid dienone is 1. The molecule has 0 unspecified atom stereocenters. The standard InChI is InChI=1S/C13H16O2/c1-2-3-9-12(13(14)15)10-11-7-5-4-6-8-11/h4-9H,2-3,10H2,1H3,(H,14,15)/b12-9-. The molecule has 0 amide bonds. The van der Waals surface area contributed by atoms with Crippen molar-refractivity contribution in [2.75, 3.05) is 0 Å². The number of unbranched alkanes of at least 4 members (excludes halogenated alkanes) is 1. The predicted octanol–water partition coefficient (Wildman–Crippen LogP) is 3.04. The van der Waals surface area contributed by atoms with Crippen LogP contribution in [-0.4, -0.2) is 11.1 Å². The maximum absolute atomic E-state index is 10.9. The minimum absolute atomic E-state index is 0.489. The Labute approximate surface area is 90.3 Å². The van der Waals surface area contributed by atoms with Gasteiger partial charge in [-0.05, 0) is 12.0 Å². The summed E-state index contributed by atoms with van der Waals surface area (Å²) in [5.41, 5.74) is 1.53. The molecule has 15 heavy (non-hydrogen) atoms. The molecule has 0 aromatic heterocycles. The lowest BCUT2D eigenvalue weighted by molar-refractivity contribution is -0.132. The second-order valence-electron chi connectivity index (χ2n) is 3.49. The monoisotopic (exact) mass is 204 g/mol. The molecule has 0 aliphatic rings. The first-order valence-electron chi connectivity index (χ1n) is 5.20. The Morgan fingerprint density at radius 1 is 1.33 bits per heavy atom. The summed E-state index contributed by atoms with van der Waals surface area (Å²) < 4.78 is 0. The molecular weight excluding hydrogens is 188 g/mol. The van der Waals surface area contributed by atoms with E-state index < -0.39 is 5.97 Å². The highest BCUT2D eigenvalue weighted by Crippen LogP contribution is 2.09. The molecule has 0 saturated heterocycles. The summed E-state index contributed by atoms with van der Waals surface area (Å²) in [4.78, 5) is 10.9. The SMILES string of the molecule is CCC/C=C(/Cc1ccccc1)C(=O)O. The van der Waals surface area contributed by atoms with Gasteiger partial charge in [-0.3, -0.25) is 0 Å². The van der Waals surface area contributed by atoms with E-state index in [1.54, 1.807) is 0 Å². The molecule has 2 heteroatoms. The van der Waals surface area contributed by atoms with Crippen LogP contribution in [0.25, 0.3) is 0 Å². The minimum Gasteiger partial charge on any atom is -0.478 e. The van der Waals surface area contributed by atoms with Gasteiger partial charge in [0.25, 0.3) is 0 Å². The van der Waals surface area contributed by atoms with Crippen molar-refractivity contribution in [2.45, 2.75) is 26.2 Å². The number of hydrogen-bond donors (Lipinski definition) is 1. The Kier molecular flexibility index (Phi) is 4.61. The van der Waals surface area contributed by atoms with Gasteiger partial charge in [0.15, 0.2) is 0 Å². The number of benzene rings is 1. The van der Waals surface area contributed by atoms with Gasteiger partial charge in [-0.2, -0.15) is 0 Å². The molecule has 0 atom stereocenters. The molecule has 2 nitrogen and oxygen atoms in total. The Balaban J connectivity index is 2.72. The van der Waals surface area contributed by atoms with Gasteiger partial charge < -0.3 is 5.11 Å². The van der Waals surface area contributed by atoms with E-state index in [0.717, 1.165) is 18.4 Å². The fourth-order valence-corrected chi connectivity index (χ4v) is 1.37. The van der Waals surface area contributed by atoms with E-state index in [4.69, 9.17) is 5.11 Å². The van der Waals surface area contributed by atoms with Crippen LogP contribution in [0.2, 0.25) is 0 Å². The van der Waals surface area contributed by atoms with Crippen molar-refractivity contribution < 1.29 is 9.90 Å². The van der Waals surface area contributed by atoms with Gasteiger partial charge in [0, 0.05) is 12.0 Å². The number of aliphatic carboxylic acids is 1. The van der Waals surface area contributed by atoms with Crippen LogP contribution in [0.15, 0.2) is 42.0 Å². The summed E-state index contributed by atoms with van der Waals surface area (Å²) in [5, 5.41) is 8.99. The molecule has 0 fully saturated rings. The van der Waals surface area contributed by atoms with Crippen molar-refractivity contribution in [3.8, 4) is 0 Å². The van der Waals surface area contributed by atoms with Crippen molar-refractivity contribution >= 4 is 5.97 Å². The van der Waals surface area contributed by atoms with Gasteiger partial charge in [0.1, 0.15) is 0 Å². The normalized spacial score (nSPS) is 11.4. The molecule has 0 heterocycles. The Morgan fingerprint density at radius 2 is 2.00 bits per heavy atom. The molecule has 1 N–H and O–H groups in total. The number of carboxylic acid groups (broad SMARTS) is 1. The number of carboxylic acids is 1. The zero-order valence-corrected chi connectivity index (χ0v) is 8.94. The van der Waals surface area contributed by atoms with Gasteiger partial charge in [-0.25, -0.2) is 4.79 Å². The zero-order valence-electron chi connectivity index (χ0n) is 8.94. The third kappa shape index (κ3) is 3.98. The van der Waals surface area contributed by atoms with Gasteiger partial charge in [0.05, 0.1) is 0 Å². The second kappa shape index (κ2) is 6.02. The van der Waals surface area contributed by atoms with Crippen molar-refractivity contribution in [1.29, 1.82) is 0 Å². The third-order valence-corrected chi connectivity index (χ3v) is 2.19. The van der Waals surface area contributed by atoms with Crippen LogP contribution in [0, 0.1) is 0 Å². The molecule has 0 bridgehead atoms. The van der Waals surface area contributed by atoms with Crippen LogP contribution in [0.5, 0.6) is 0 Å². The van der Waals surface area contributed by atoms with Crippen LogP contribution in [0.4, 0.5) is 0 Å². The molecule has 1 aromatic carbocycles. The van der Waals surface area contributed by atoms with E-state index in [1.807, 2.05) is 43.3 Å². The minimum atomic E-state index is -0.813. The van der Waals surface area contributed by atoms with Crippen LogP contribution in [-0.2, 0) is 11.2 Å². The summed E-state index contributed by atoms with van der Waals surface area (Å²) in [5.74, 6) is -0.813. The van der Waals surface area contributed by atoms with Crippen molar-refractivity contribution in [1.82, 2.24) is 0 Å². The van der Waals surface area contributed by atoms with Gasteiger partial charge in [-0.1, -0.05) is 49.8 Å². The summed E-state index contributed by atoms with van der Waals surface area (Å²) in [6, 6.07) is 9.67. The lowest BCUT2D eigenvalue weighted by Gasteiger charge is -2.02. The number of hydrogen-bond acceptors (Lipinski definition) is 1. The van der Waals surface area contributed by atoms with E-state index in [1.165, 1.54) is 0 Å². The summed E-state index contributed by atoms with van der Waals surface area (Å²) in [6.45, 7) is 2.04. The first kappa shape index (κ1) is 11.5. The van der Waals surface area contributed by atoms with Crippen LogP contribution in [0.1, 0.15) is 25.3 Å². The Morgan fingerprint density at radius 3 is 2.53 bits per heavy atom. The summed E-state index contributed by atoms with van der Waals surface area (Å²) in [7, 11) is 0. The lowest BCUT2D eigenvalue weighted by Crippen LogP contribution is -2.03. The molecule has 0 spiro atoms. The van der Waals surface area contributed by atoms with Gasteiger partial charge in [-0.15, -0.1) is 0 Å². The topological polar surface area (TPSA) is 37.3 Å². The zero-order chi connectivity index (χ0) is 11.1. The van der Waals surface area contributed by atoms with Gasteiger partial charge in [0.2, 0.25) is 0 Å². The van der Waals surface area contributed by atoms with E-state index in [9.17, 15) is 4.79 Å². The Bertz CT molecular complexity index is 339. The maximum atomic E-state index is 10.9. The van der Waals surface area contributed by atoms with Crippen LogP contribution in [0.3, 0.4) is 0 Å². The second-order valence-corrected chi connectivity index (χ2v) is 3.49. The van der Waals surface area contributed by atoms with E-state index >= 15 is 0 Å². The predicted molar refractivity (Wildman–Crippen MR) is 60.8 cm³/mol. The lowest BCUT2D eigenvalue weighted by atomic mass is 10.0. The highest BCUT2D eigenvalue weighted by atomic mass is 16.4. The first-order valence-corrected chi connectivity index (χ1v) is 5.20. The van der Waals surface area contributed by atoms with Crippen molar-refractivity contribution in [3.05, 3.63) is 47.5 Å². The van der Waals surface area contributed by atoms with E-state index in [-0.39, 0.29) is 0 Å². The van der Waals surface area contributed by atoms with Crippen LogP contribution >= 0.6 is 0 Å². The summed E-state index contributed by atoms with van der Waals surface area (Å²) in [6.07, 6.45) is 4.13. The van der Waals surface area contributed by atoms with E-state index in [0.29, 0.717) is 12.0 Å². The fraction of sp³-hybridized carbons (Fsp3) is 0.308. The number of carbonyl (C=O) groups is 1. The molecule has 1 rings (SSSR count). The quantitative estimate of drug-likeness (QED) is 0.748. The average Bonchev–Trinajstić information content (AvgIpc) is 2.25. The molecule has 0 aliphatic heterocycles. The van der Waals surface area contributed by atoms with E-state index in [2.05, 4.69) is 0 Å². The van der Waals surface area contributed by atoms with Crippen molar-refractivity contribution in [2.24, 2.45) is 0 Å². The van der Waals surface area contributed by atoms with Gasteiger partial charge >= 0.3 is 5.97 Å². The number of rotatable bonds is 5. The molecule has 0 saturated carbocycles. The third-order valence-electron chi connectivity index (χ3n) is 2.19. The maximum Gasteiger partial charge on any atom is 0.331 e. The highest BCUT2D eigenvalue weighted by Gasteiger charge is 2.06. The first-order chi connectivity index (χ1) is 7.24. The molecule has 80 valence electrons. The van der Waals surface area contributed by atoms with Crippen LogP contribution < -0.4 is 0 Å². The molecule has 1 aromatic rings. The largest absolute Gasteiger partial charge is 0.478 e. The summed E-state index contributed by atoms with van der Waals surface area (Å²) >= 11 is 0.